The predicted octanol–water partition coefficient (Wildman–Crippen LogP) is 0.975. The van der Waals surface area contributed by atoms with Gasteiger partial charge in [0.15, 0.2) is 0 Å². The largest absolute Gasteiger partial charge is 0.481 e. The van der Waals surface area contributed by atoms with Crippen molar-refractivity contribution < 1.29 is 24.6 Å². The molecule has 0 aromatic heterocycles. The second kappa shape index (κ2) is 6.78. The van der Waals surface area contributed by atoms with Crippen LogP contribution in [-0.2, 0) is 14.4 Å². The molecule has 2 unspecified atom stereocenters. The van der Waals surface area contributed by atoms with Crippen LogP contribution in [0.15, 0.2) is 11.6 Å². The summed E-state index contributed by atoms with van der Waals surface area (Å²) in [6, 6.07) is -1.06. The Bertz CT molecular complexity index is 371. The number of carbonyl (C=O) groups excluding carboxylic acids is 1. The lowest BCUT2D eigenvalue weighted by molar-refractivity contribution is -0.150. The summed E-state index contributed by atoms with van der Waals surface area (Å²) >= 11 is 0. The van der Waals surface area contributed by atoms with Gasteiger partial charge in [0, 0.05) is 12.6 Å². The van der Waals surface area contributed by atoms with E-state index in [1.807, 2.05) is 0 Å². The van der Waals surface area contributed by atoms with Gasteiger partial charge in [-0.05, 0) is 20.8 Å². The molecule has 0 saturated carbocycles. The molecule has 0 fully saturated rings. The highest BCUT2D eigenvalue weighted by Crippen LogP contribution is 2.08. The monoisotopic (exact) mass is 257 g/mol. The number of allylic oxidation sites excluding steroid dienone is 1. The standard InChI is InChI=1S/C12H19NO5/c1-7(2)5-10(14)13(9(4)12(17)18)6-8(3)11(15)16/h5,8-9H,6H2,1-4H3,(H,15,16)(H,17,18). The fourth-order valence-electron chi connectivity index (χ4n) is 1.28. The van der Waals surface area contributed by atoms with Gasteiger partial charge < -0.3 is 15.1 Å². The summed E-state index contributed by atoms with van der Waals surface area (Å²) in [6.07, 6.45) is 1.30. The van der Waals surface area contributed by atoms with Crippen molar-refractivity contribution in [3.8, 4) is 0 Å². The van der Waals surface area contributed by atoms with Crippen molar-refractivity contribution in [3.05, 3.63) is 11.6 Å². The Hall–Kier alpha value is -1.85. The van der Waals surface area contributed by atoms with Crippen LogP contribution in [0.3, 0.4) is 0 Å². The van der Waals surface area contributed by atoms with Gasteiger partial charge in [-0.2, -0.15) is 0 Å². The summed E-state index contributed by atoms with van der Waals surface area (Å²) < 4.78 is 0. The minimum atomic E-state index is -1.16. The van der Waals surface area contributed by atoms with E-state index >= 15 is 0 Å². The molecule has 6 heteroatoms. The van der Waals surface area contributed by atoms with Gasteiger partial charge in [0.25, 0.3) is 0 Å². The van der Waals surface area contributed by atoms with Crippen molar-refractivity contribution in [1.29, 1.82) is 0 Å². The Labute approximate surface area is 106 Å². The Balaban J connectivity index is 5.06. The van der Waals surface area contributed by atoms with Crippen LogP contribution in [0.25, 0.3) is 0 Å². The van der Waals surface area contributed by atoms with E-state index in [1.165, 1.54) is 19.9 Å². The summed E-state index contributed by atoms with van der Waals surface area (Å²) in [6.45, 7) is 6.07. The van der Waals surface area contributed by atoms with Gasteiger partial charge in [0.1, 0.15) is 6.04 Å². The second-order valence-electron chi connectivity index (χ2n) is 4.47. The maximum absolute atomic E-state index is 11.9. The number of amides is 1. The molecule has 0 aliphatic carbocycles. The SMILES string of the molecule is CC(C)=CC(=O)N(CC(C)C(=O)O)C(C)C(=O)O. The molecule has 1 amide bonds. The number of aliphatic carboxylic acids is 2. The molecule has 0 saturated heterocycles. The molecule has 6 nitrogen and oxygen atoms in total. The lowest BCUT2D eigenvalue weighted by Gasteiger charge is -2.27. The van der Waals surface area contributed by atoms with E-state index < -0.39 is 29.8 Å². The summed E-state index contributed by atoms with van der Waals surface area (Å²) in [7, 11) is 0. The molecule has 0 aromatic rings. The number of hydrogen-bond donors (Lipinski definition) is 2. The summed E-state index contributed by atoms with van der Waals surface area (Å²) in [5, 5.41) is 17.7. The topological polar surface area (TPSA) is 94.9 Å². The molecule has 0 rings (SSSR count). The van der Waals surface area contributed by atoms with Gasteiger partial charge in [0.05, 0.1) is 5.92 Å². The first kappa shape index (κ1) is 16.1. The number of rotatable bonds is 6. The third-order valence-corrected chi connectivity index (χ3v) is 2.41. The van der Waals surface area contributed by atoms with Gasteiger partial charge in [-0.1, -0.05) is 12.5 Å². The van der Waals surface area contributed by atoms with Crippen LogP contribution in [0, 0.1) is 5.92 Å². The minimum Gasteiger partial charge on any atom is -0.481 e. The van der Waals surface area contributed by atoms with Crippen LogP contribution in [0.2, 0.25) is 0 Å². The first-order valence-corrected chi connectivity index (χ1v) is 5.58. The molecule has 0 bridgehead atoms. The van der Waals surface area contributed by atoms with E-state index in [4.69, 9.17) is 10.2 Å². The average Bonchev–Trinajstić information content (AvgIpc) is 2.22. The lowest BCUT2D eigenvalue weighted by atomic mass is 10.1. The van der Waals surface area contributed by atoms with Crippen molar-refractivity contribution in [3.63, 3.8) is 0 Å². The highest BCUT2D eigenvalue weighted by atomic mass is 16.4. The molecule has 2 N–H and O–H groups in total. The quantitative estimate of drug-likeness (QED) is 0.691. The molecule has 18 heavy (non-hydrogen) atoms. The third-order valence-electron chi connectivity index (χ3n) is 2.41. The Morgan fingerprint density at radius 1 is 1.11 bits per heavy atom. The van der Waals surface area contributed by atoms with Crippen LogP contribution in [0.4, 0.5) is 0 Å². The van der Waals surface area contributed by atoms with Crippen molar-refractivity contribution in [1.82, 2.24) is 4.90 Å². The van der Waals surface area contributed by atoms with Crippen LogP contribution in [0.5, 0.6) is 0 Å². The van der Waals surface area contributed by atoms with Gasteiger partial charge in [-0.3, -0.25) is 9.59 Å². The number of carboxylic acids is 2. The van der Waals surface area contributed by atoms with E-state index in [2.05, 4.69) is 0 Å². The van der Waals surface area contributed by atoms with Crippen molar-refractivity contribution >= 4 is 17.8 Å². The number of nitrogens with zero attached hydrogens (tertiary/aromatic N) is 1. The Morgan fingerprint density at radius 2 is 1.61 bits per heavy atom. The van der Waals surface area contributed by atoms with Crippen LogP contribution in [0.1, 0.15) is 27.7 Å². The number of carbonyl (C=O) groups is 3. The average molecular weight is 257 g/mol. The molecular formula is C12H19NO5. The molecule has 0 heterocycles. The summed E-state index contributed by atoms with van der Waals surface area (Å²) in [5.41, 5.74) is 0.727. The van der Waals surface area contributed by atoms with Crippen molar-refractivity contribution in [2.75, 3.05) is 6.54 Å². The highest BCUT2D eigenvalue weighted by Gasteiger charge is 2.27. The normalized spacial score (nSPS) is 13.3. The minimum absolute atomic E-state index is 0.134. The summed E-state index contributed by atoms with van der Waals surface area (Å²) in [4.78, 5) is 34.6. The summed E-state index contributed by atoms with van der Waals surface area (Å²) in [5.74, 6) is -3.54. The molecule has 102 valence electrons. The van der Waals surface area contributed by atoms with Crippen LogP contribution < -0.4 is 0 Å². The first-order valence-electron chi connectivity index (χ1n) is 5.58. The van der Waals surface area contributed by atoms with Gasteiger partial charge in [-0.25, -0.2) is 4.79 Å². The third kappa shape index (κ3) is 4.99. The van der Waals surface area contributed by atoms with E-state index in [9.17, 15) is 14.4 Å². The zero-order valence-electron chi connectivity index (χ0n) is 11.0. The van der Waals surface area contributed by atoms with Crippen molar-refractivity contribution in [2.24, 2.45) is 5.92 Å². The van der Waals surface area contributed by atoms with E-state index in [0.717, 1.165) is 10.5 Å². The van der Waals surface area contributed by atoms with Gasteiger partial charge in [-0.15, -0.1) is 0 Å². The van der Waals surface area contributed by atoms with Crippen molar-refractivity contribution in [2.45, 2.75) is 33.7 Å². The fraction of sp³-hybridized carbons (Fsp3) is 0.583. The zero-order chi connectivity index (χ0) is 14.5. The van der Waals surface area contributed by atoms with Gasteiger partial charge >= 0.3 is 11.9 Å². The number of hydrogen-bond acceptors (Lipinski definition) is 3. The van der Waals surface area contributed by atoms with Crippen LogP contribution >= 0.6 is 0 Å². The first-order chi connectivity index (χ1) is 8.16. The fourth-order valence-corrected chi connectivity index (χ4v) is 1.28. The maximum Gasteiger partial charge on any atom is 0.326 e. The van der Waals surface area contributed by atoms with E-state index in [1.54, 1.807) is 13.8 Å². The number of carboxylic acid groups (broad SMARTS) is 2. The Kier molecular flexibility index (Phi) is 6.08. The van der Waals surface area contributed by atoms with Crippen LogP contribution in [-0.4, -0.2) is 45.5 Å². The van der Waals surface area contributed by atoms with E-state index in [-0.39, 0.29) is 6.54 Å². The smallest absolute Gasteiger partial charge is 0.326 e. The lowest BCUT2D eigenvalue weighted by Crippen LogP contribution is -2.45. The highest BCUT2D eigenvalue weighted by molar-refractivity contribution is 5.91. The molecule has 0 aliphatic rings. The molecule has 0 radical (unpaired) electrons. The predicted molar refractivity (Wildman–Crippen MR) is 65.0 cm³/mol. The molecule has 0 aliphatic heterocycles. The molecule has 0 aromatic carbocycles. The maximum atomic E-state index is 11.9. The Morgan fingerprint density at radius 3 is 1.94 bits per heavy atom. The second-order valence-corrected chi connectivity index (χ2v) is 4.47. The molecule has 0 spiro atoms. The van der Waals surface area contributed by atoms with E-state index in [0.29, 0.717) is 0 Å². The zero-order valence-corrected chi connectivity index (χ0v) is 11.0. The van der Waals surface area contributed by atoms with Gasteiger partial charge in [0.2, 0.25) is 5.91 Å². The molecule has 2 atom stereocenters. The molecular weight excluding hydrogens is 238 g/mol.